The van der Waals surface area contributed by atoms with Crippen molar-refractivity contribution in [1.29, 1.82) is 0 Å². The number of hydrogen-bond donors (Lipinski definition) is 1. The average molecular weight is 301 g/mol. The summed E-state index contributed by atoms with van der Waals surface area (Å²) < 4.78 is 44.6. The van der Waals surface area contributed by atoms with Crippen molar-refractivity contribution in [2.24, 2.45) is 5.10 Å². The summed E-state index contributed by atoms with van der Waals surface area (Å²) in [6.07, 6.45) is 1.01. The molecule has 8 heteroatoms. The van der Waals surface area contributed by atoms with Crippen LogP contribution < -0.4 is 10.2 Å². The first-order chi connectivity index (χ1) is 9.52. The van der Waals surface area contributed by atoms with Gasteiger partial charge in [0.2, 0.25) is 5.13 Å². The maximum absolute atomic E-state index is 13.6. The van der Waals surface area contributed by atoms with Crippen molar-refractivity contribution in [1.82, 2.24) is 4.98 Å². The number of hydrogen-bond acceptors (Lipinski definition) is 5. The molecule has 0 atom stereocenters. The van der Waals surface area contributed by atoms with Crippen LogP contribution in [0.5, 0.6) is 5.75 Å². The monoisotopic (exact) mass is 301 g/mol. The van der Waals surface area contributed by atoms with Gasteiger partial charge in [-0.1, -0.05) is 0 Å². The van der Waals surface area contributed by atoms with Crippen molar-refractivity contribution < 1.29 is 17.9 Å². The van der Waals surface area contributed by atoms with Crippen LogP contribution in [-0.2, 0) is 0 Å². The van der Waals surface area contributed by atoms with Gasteiger partial charge in [0.1, 0.15) is 5.75 Å². The number of nitrogens with zero attached hydrogens (tertiary/aromatic N) is 2. The lowest BCUT2D eigenvalue weighted by atomic mass is 10.2. The minimum Gasteiger partial charge on any atom is -0.496 e. The molecule has 20 heavy (non-hydrogen) atoms. The van der Waals surface area contributed by atoms with Gasteiger partial charge in [0, 0.05) is 11.4 Å². The highest BCUT2D eigenvalue weighted by Gasteiger charge is 2.18. The van der Waals surface area contributed by atoms with E-state index in [2.05, 4.69) is 15.5 Å². The molecule has 0 aliphatic carbocycles. The van der Waals surface area contributed by atoms with Crippen LogP contribution in [-0.4, -0.2) is 18.3 Å². The minimum absolute atomic E-state index is 0.151. The van der Waals surface area contributed by atoms with Crippen molar-refractivity contribution >= 4 is 22.7 Å². The van der Waals surface area contributed by atoms with E-state index in [1.807, 2.05) is 6.92 Å². The standard InChI is InChI=1S/C12H10F3N3OS/c1-6-5-20-12(17-6)18-16-4-7-9(19-2)3-8(13)11(15)10(7)14/h3-5H,1-2H3,(H,17,18). The summed E-state index contributed by atoms with van der Waals surface area (Å²) in [6, 6.07) is 0.757. The summed E-state index contributed by atoms with van der Waals surface area (Å²) in [5, 5.41) is 6.03. The van der Waals surface area contributed by atoms with Crippen molar-refractivity contribution in [2.75, 3.05) is 12.5 Å². The highest BCUT2D eigenvalue weighted by molar-refractivity contribution is 7.13. The van der Waals surface area contributed by atoms with Crippen molar-refractivity contribution in [3.63, 3.8) is 0 Å². The summed E-state index contributed by atoms with van der Waals surface area (Å²) in [7, 11) is 1.22. The summed E-state index contributed by atoms with van der Waals surface area (Å²) in [4.78, 5) is 4.07. The van der Waals surface area contributed by atoms with E-state index in [-0.39, 0.29) is 11.3 Å². The molecule has 0 radical (unpaired) electrons. The average Bonchev–Trinajstić information content (AvgIpc) is 2.84. The molecule has 0 amide bonds. The normalized spacial score (nSPS) is 11.1. The fourth-order valence-electron chi connectivity index (χ4n) is 1.43. The Hall–Kier alpha value is -2.09. The van der Waals surface area contributed by atoms with Crippen molar-refractivity contribution in [3.8, 4) is 5.75 Å². The zero-order chi connectivity index (χ0) is 14.7. The van der Waals surface area contributed by atoms with Crippen LogP contribution in [0.25, 0.3) is 0 Å². The molecule has 1 aromatic heterocycles. The first-order valence-corrected chi connectivity index (χ1v) is 6.33. The molecular weight excluding hydrogens is 291 g/mol. The number of nitrogens with one attached hydrogen (secondary N) is 1. The number of ether oxygens (including phenoxy) is 1. The van der Waals surface area contributed by atoms with Gasteiger partial charge in [0.15, 0.2) is 17.5 Å². The Labute approximate surface area is 116 Å². The predicted octanol–water partition coefficient (Wildman–Crippen LogP) is 3.32. The van der Waals surface area contributed by atoms with E-state index in [0.717, 1.165) is 18.0 Å². The van der Waals surface area contributed by atoms with Crippen LogP contribution in [0, 0.1) is 24.4 Å². The molecular formula is C12H10F3N3OS. The van der Waals surface area contributed by atoms with Crippen LogP contribution in [0.1, 0.15) is 11.3 Å². The second kappa shape index (κ2) is 5.91. The molecule has 106 valence electrons. The highest BCUT2D eigenvalue weighted by atomic mass is 32.1. The van der Waals surface area contributed by atoms with E-state index in [1.165, 1.54) is 18.4 Å². The molecule has 0 saturated heterocycles. The van der Waals surface area contributed by atoms with Crippen LogP contribution >= 0.6 is 11.3 Å². The summed E-state index contributed by atoms with van der Waals surface area (Å²) in [6.45, 7) is 1.81. The molecule has 1 heterocycles. The minimum atomic E-state index is -1.57. The molecule has 0 saturated carbocycles. The van der Waals surface area contributed by atoms with Gasteiger partial charge >= 0.3 is 0 Å². The molecule has 2 rings (SSSR count). The maximum atomic E-state index is 13.6. The lowest BCUT2D eigenvalue weighted by molar-refractivity contribution is 0.390. The van der Waals surface area contributed by atoms with E-state index in [1.54, 1.807) is 5.38 Å². The molecule has 0 spiro atoms. The van der Waals surface area contributed by atoms with E-state index < -0.39 is 17.5 Å². The molecule has 0 aliphatic heterocycles. The third-order valence-corrected chi connectivity index (χ3v) is 3.22. The first kappa shape index (κ1) is 14.3. The number of aromatic nitrogens is 1. The third kappa shape index (κ3) is 2.90. The zero-order valence-electron chi connectivity index (χ0n) is 10.6. The fourth-order valence-corrected chi connectivity index (χ4v) is 2.07. The Bertz CT molecular complexity index is 658. The van der Waals surface area contributed by atoms with Gasteiger partial charge in [0.25, 0.3) is 0 Å². The fraction of sp³-hybridized carbons (Fsp3) is 0.167. The van der Waals surface area contributed by atoms with Crippen LogP contribution in [0.15, 0.2) is 16.5 Å². The second-order valence-corrected chi connectivity index (χ2v) is 4.62. The van der Waals surface area contributed by atoms with Gasteiger partial charge < -0.3 is 4.74 Å². The van der Waals surface area contributed by atoms with Gasteiger partial charge in [-0.3, -0.25) is 5.43 Å². The topological polar surface area (TPSA) is 46.5 Å². The van der Waals surface area contributed by atoms with E-state index in [4.69, 9.17) is 4.74 Å². The number of aryl methyl sites for hydroxylation is 1. The predicted molar refractivity (Wildman–Crippen MR) is 70.9 cm³/mol. The molecule has 0 aliphatic rings. The summed E-state index contributed by atoms with van der Waals surface area (Å²) in [5.41, 5.74) is 3.09. The molecule has 2 aromatic rings. The Kier molecular flexibility index (Phi) is 4.23. The van der Waals surface area contributed by atoms with Crippen molar-refractivity contribution in [2.45, 2.75) is 6.92 Å². The number of anilines is 1. The van der Waals surface area contributed by atoms with E-state index >= 15 is 0 Å². The van der Waals surface area contributed by atoms with Crippen LogP contribution in [0.3, 0.4) is 0 Å². The van der Waals surface area contributed by atoms with Gasteiger partial charge in [-0.05, 0) is 6.92 Å². The number of benzene rings is 1. The third-order valence-electron chi connectivity index (χ3n) is 2.35. The van der Waals surface area contributed by atoms with Crippen LogP contribution in [0.4, 0.5) is 18.3 Å². The molecule has 4 nitrogen and oxygen atoms in total. The lowest BCUT2D eigenvalue weighted by Gasteiger charge is -2.06. The largest absolute Gasteiger partial charge is 0.496 e. The summed E-state index contributed by atoms with van der Waals surface area (Å²) >= 11 is 1.31. The van der Waals surface area contributed by atoms with Crippen molar-refractivity contribution in [3.05, 3.63) is 40.2 Å². The second-order valence-electron chi connectivity index (χ2n) is 3.77. The number of halogens is 3. The first-order valence-electron chi connectivity index (χ1n) is 5.45. The lowest BCUT2D eigenvalue weighted by Crippen LogP contribution is -2.02. The van der Waals surface area contributed by atoms with Gasteiger partial charge in [-0.25, -0.2) is 18.2 Å². The number of hydrazone groups is 1. The Morgan fingerprint density at radius 2 is 2.10 bits per heavy atom. The van der Waals surface area contributed by atoms with Gasteiger partial charge in [0.05, 0.1) is 24.6 Å². The smallest absolute Gasteiger partial charge is 0.203 e. The Balaban J connectivity index is 2.26. The molecule has 0 unspecified atom stereocenters. The van der Waals surface area contributed by atoms with Crippen LogP contribution in [0.2, 0.25) is 0 Å². The molecule has 1 aromatic carbocycles. The number of rotatable bonds is 4. The Morgan fingerprint density at radius 3 is 2.70 bits per heavy atom. The SMILES string of the molecule is COc1cc(F)c(F)c(F)c1C=NNc1nc(C)cs1. The highest BCUT2D eigenvalue weighted by Crippen LogP contribution is 2.24. The number of methoxy groups -OCH3 is 1. The maximum Gasteiger partial charge on any atom is 0.203 e. The van der Waals surface area contributed by atoms with Gasteiger partial charge in [-0.15, -0.1) is 11.3 Å². The molecule has 1 N–H and O–H groups in total. The zero-order valence-corrected chi connectivity index (χ0v) is 11.4. The van der Waals surface area contributed by atoms with Gasteiger partial charge in [-0.2, -0.15) is 5.10 Å². The summed E-state index contributed by atoms with van der Waals surface area (Å²) in [5.74, 6) is -4.40. The van der Waals surface area contributed by atoms with E-state index in [9.17, 15) is 13.2 Å². The molecule has 0 fully saturated rings. The molecule has 0 bridgehead atoms. The Morgan fingerprint density at radius 1 is 1.35 bits per heavy atom. The number of thiazole rings is 1. The van der Waals surface area contributed by atoms with E-state index in [0.29, 0.717) is 5.13 Å². The quantitative estimate of drug-likeness (QED) is 0.535.